The zero-order valence-corrected chi connectivity index (χ0v) is 14.7. The summed E-state index contributed by atoms with van der Waals surface area (Å²) < 4.78 is 1.39. The van der Waals surface area contributed by atoms with Gasteiger partial charge in [-0.25, -0.2) is 4.68 Å². The lowest BCUT2D eigenvalue weighted by molar-refractivity contribution is -0.115. The van der Waals surface area contributed by atoms with Crippen LogP contribution >= 0.6 is 11.8 Å². The van der Waals surface area contributed by atoms with E-state index in [0.717, 1.165) is 17.7 Å². The van der Waals surface area contributed by atoms with E-state index in [4.69, 9.17) is 5.84 Å². The van der Waals surface area contributed by atoms with Crippen molar-refractivity contribution in [3.05, 3.63) is 35.7 Å². The second-order valence-corrected chi connectivity index (χ2v) is 6.85. The van der Waals surface area contributed by atoms with Gasteiger partial charge in [0.25, 0.3) is 0 Å². The molecule has 0 saturated carbocycles. The summed E-state index contributed by atoms with van der Waals surface area (Å²) in [5.74, 6) is 6.75. The van der Waals surface area contributed by atoms with E-state index >= 15 is 0 Å². The highest BCUT2D eigenvalue weighted by Gasteiger charge is 2.20. The topological polar surface area (TPSA) is 85.8 Å². The van der Waals surface area contributed by atoms with Gasteiger partial charge in [0.05, 0.1) is 5.25 Å². The Morgan fingerprint density at radius 1 is 1.35 bits per heavy atom. The second kappa shape index (κ2) is 7.50. The maximum atomic E-state index is 12.5. The van der Waals surface area contributed by atoms with Crippen molar-refractivity contribution in [1.82, 2.24) is 14.9 Å². The molecule has 6 nitrogen and oxygen atoms in total. The maximum absolute atomic E-state index is 12.5. The zero-order valence-electron chi connectivity index (χ0n) is 13.9. The summed E-state index contributed by atoms with van der Waals surface area (Å²) in [7, 11) is 0. The predicted octanol–water partition coefficient (Wildman–Crippen LogP) is 2.93. The van der Waals surface area contributed by atoms with Gasteiger partial charge >= 0.3 is 0 Å². The largest absolute Gasteiger partial charge is 0.336 e. The monoisotopic (exact) mass is 333 g/mol. The third-order valence-corrected chi connectivity index (χ3v) is 4.91. The summed E-state index contributed by atoms with van der Waals surface area (Å²) in [6.07, 6.45) is 1.02. The Morgan fingerprint density at radius 3 is 2.65 bits per heavy atom. The van der Waals surface area contributed by atoms with Crippen LogP contribution in [0.3, 0.4) is 0 Å². The van der Waals surface area contributed by atoms with Crippen LogP contribution in [0.5, 0.6) is 0 Å². The van der Waals surface area contributed by atoms with Crippen LogP contribution < -0.4 is 11.2 Å². The van der Waals surface area contributed by atoms with Crippen LogP contribution in [0.4, 0.5) is 5.69 Å². The molecule has 1 aromatic heterocycles. The molecule has 0 radical (unpaired) electrons. The molecule has 2 rings (SSSR count). The Kier molecular flexibility index (Phi) is 5.65. The molecular weight excluding hydrogens is 310 g/mol. The van der Waals surface area contributed by atoms with Gasteiger partial charge in [-0.3, -0.25) is 4.79 Å². The van der Waals surface area contributed by atoms with Crippen LogP contribution in [-0.2, 0) is 4.79 Å². The normalized spacial score (nSPS) is 13.6. The molecule has 0 aliphatic heterocycles. The van der Waals surface area contributed by atoms with Gasteiger partial charge in [-0.1, -0.05) is 43.8 Å². The van der Waals surface area contributed by atoms with Crippen molar-refractivity contribution in [3.63, 3.8) is 0 Å². The number of carbonyl (C=O) groups is 1. The van der Waals surface area contributed by atoms with Gasteiger partial charge in [-0.05, 0) is 37.8 Å². The number of thioether (sulfide) groups is 1. The molecule has 2 aromatic rings. The summed E-state index contributed by atoms with van der Waals surface area (Å²) >= 11 is 1.29. The fraction of sp³-hybridized carbons (Fsp3) is 0.438. The van der Waals surface area contributed by atoms with Crippen molar-refractivity contribution >= 4 is 23.4 Å². The first-order valence-corrected chi connectivity index (χ1v) is 8.55. The molecule has 0 unspecified atom stereocenters. The van der Waals surface area contributed by atoms with Crippen LogP contribution in [0.15, 0.2) is 29.4 Å². The highest BCUT2D eigenvalue weighted by atomic mass is 32.2. The van der Waals surface area contributed by atoms with E-state index in [9.17, 15) is 4.79 Å². The molecule has 1 aromatic carbocycles. The van der Waals surface area contributed by atoms with Gasteiger partial charge in [0.2, 0.25) is 11.1 Å². The fourth-order valence-electron chi connectivity index (χ4n) is 2.14. The Morgan fingerprint density at radius 2 is 2.04 bits per heavy atom. The van der Waals surface area contributed by atoms with Crippen LogP contribution in [0.2, 0.25) is 0 Å². The van der Waals surface area contributed by atoms with E-state index in [1.165, 1.54) is 16.4 Å². The number of para-hydroxylation sites is 1. The zero-order chi connectivity index (χ0) is 17.0. The minimum absolute atomic E-state index is 0.0774. The van der Waals surface area contributed by atoms with E-state index < -0.39 is 0 Å². The van der Waals surface area contributed by atoms with Gasteiger partial charge in [-0.15, -0.1) is 10.2 Å². The number of hydrogen-bond acceptors (Lipinski definition) is 5. The van der Waals surface area contributed by atoms with E-state index in [-0.39, 0.29) is 11.2 Å². The van der Waals surface area contributed by atoms with Crippen molar-refractivity contribution in [1.29, 1.82) is 0 Å². The SMILES string of the molecule is CC[C@@H](C)c1ccccc1NC(=O)[C@@H](C)Sc1nnc(C)n1N. The van der Waals surface area contributed by atoms with E-state index in [2.05, 4.69) is 35.4 Å². The number of hydrogen-bond donors (Lipinski definition) is 2. The number of anilines is 1. The standard InChI is InChI=1S/C16H23N5OS/c1-5-10(2)13-8-6-7-9-14(13)18-15(22)11(3)23-16-20-19-12(4)21(16)17/h6-11H,5,17H2,1-4H3,(H,18,22)/t10-,11-/m1/s1. The van der Waals surface area contributed by atoms with Crippen molar-refractivity contribution in [2.24, 2.45) is 0 Å². The summed E-state index contributed by atoms with van der Waals surface area (Å²) in [6.45, 7) is 7.89. The molecule has 2 atom stereocenters. The van der Waals surface area contributed by atoms with E-state index in [1.54, 1.807) is 6.92 Å². The van der Waals surface area contributed by atoms with E-state index in [1.807, 2.05) is 25.1 Å². The Labute approximate surface area is 140 Å². The molecule has 0 aliphatic carbocycles. The highest BCUT2D eigenvalue weighted by molar-refractivity contribution is 8.00. The molecule has 0 aliphatic rings. The van der Waals surface area contributed by atoms with Gasteiger partial charge in [0, 0.05) is 5.69 Å². The summed E-state index contributed by atoms with van der Waals surface area (Å²) in [6, 6.07) is 7.92. The molecule has 1 heterocycles. The van der Waals surface area contributed by atoms with Gasteiger partial charge in [0.1, 0.15) is 5.82 Å². The molecule has 3 N–H and O–H groups in total. The number of nitrogens with one attached hydrogen (secondary N) is 1. The molecule has 124 valence electrons. The molecule has 0 fully saturated rings. The number of nitrogen functional groups attached to an aromatic ring is 1. The lowest BCUT2D eigenvalue weighted by Gasteiger charge is -2.17. The van der Waals surface area contributed by atoms with Gasteiger partial charge in [0.15, 0.2) is 0 Å². The van der Waals surface area contributed by atoms with Crippen LogP contribution in [-0.4, -0.2) is 26.0 Å². The Bertz CT molecular complexity index is 685. The number of aryl methyl sites for hydroxylation is 1. The van der Waals surface area contributed by atoms with E-state index in [0.29, 0.717) is 16.9 Å². The second-order valence-electron chi connectivity index (χ2n) is 5.55. The first kappa shape index (κ1) is 17.3. The summed E-state index contributed by atoms with van der Waals surface area (Å²) in [5, 5.41) is 11.1. The molecule has 0 spiro atoms. The number of amides is 1. The molecule has 0 saturated heterocycles. The molecule has 1 amide bonds. The Balaban J connectivity index is 2.08. The average Bonchev–Trinajstić information content (AvgIpc) is 2.86. The number of carbonyl (C=O) groups excluding carboxylic acids is 1. The van der Waals surface area contributed by atoms with Gasteiger partial charge < -0.3 is 11.2 Å². The minimum Gasteiger partial charge on any atom is -0.336 e. The first-order chi connectivity index (χ1) is 10.9. The molecule has 7 heteroatoms. The fourth-order valence-corrected chi connectivity index (χ4v) is 2.95. The van der Waals surface area contributed by atoms with Crippen molar-refractivity contribution in [2.75, 3.05) is 11.2 Å². The molecular formula is C16H23N5OS. The van der Waals surface area contributed by atoms with Gasteiger partial charge in [-0.2, -0.15) is 0 Å². The summed E-state index contributed by atoms with van der Waals surface area (Å²) in [4.78, 5) is 12.5. The number of aromatic nitrogens is 3. The lowest BCUT2D eigenvalue weighted by atomic mass is 9.97. The lowest BCUT2D eigenvalue weighted by Crippen LogP contribution is -2.24. The van der Waals surface area contributed by atoms with Crippen LogP contribution in [0, 0.1) is 6.92 Å². The summed E-state index contributed by atoms with van der Waals surface area (Å²) in [5.41, 5.74) is 2.02. The smallest absolute Gasteiger partial charge is 0.237 e. The average molecular weight is 333 g/mol. The third-order valence-electron chi connectivity index (χ3n) is 3.85. The third kappa shape index (κ3) is 4.04. The first-order valence-electron chi connectivity index (χ1n) is 7.67. The quantitative estimate of drug-likeness (QED) is 0.627. The number of benzene rings is 1. The van der Waals surface area contributed by atoms with Crippen LogP contribution in [0.1, 0.15) is 44.5 Å². The van der Waals surface area contributed by atoms with Crippen molar-refractivity contribution in [3.8, 4) is 0 Å². The predicted molar refractivity (Wildman–Crippen MR) is 94.0 cm³/mol. The number of nitrogens with two attached hydrogens (primary N) is 1. The Hall–Kier alpha value is -2.02. The van der Waals surface area contributed by atoms with Crippen molar-refractivity contribution in [2.45, 2.75) is 50.4 Å². The number of nitrogens with zero attached hydrogens (tertiary/aromatic N) is 3. The molecule has 23 heavy (non-hydrogen) atoms. The number of rotatable bonds is 6. The molecule has 0 bridgehead atoms. The van der Waals surface area contributed by atoms with Crippen molar-refractivity contribution < 1.29 is 4.79 Å². The highest BCUT2D eigenvalue weighted by Crippen LogP contribution is 2.28. The maximum Gasteiger partial charge on any atom is 0.237 e. The minimum atomic E-state index is -0.328. The van der Waals surface area contributed by atoms with Crippen LogP contribution in [0.25, 0.3) is 0 Å².